The van der Waals surface area contributed by atoms with Gasteiger partial charge in [-0.25, -0.2) is 4.98 Å². The van der Waals surface area contributed by atoms with Crippen molar-refractivity contribution in [3.63, 3.8) is 0 Å². The molecule has 2 amide bonds. The molecule has 5 heterocycles. The highest BCUT2D eigenvalue weighted by Crippen LogP contribution is 2.39. The number of carbonyl (C=O) groups is 2. The Morgan fingerprint density at radius 1 is 1.16 bits per heavy atom. The van der Waals surface area contributed by atoms with Crippen LogP contribution in [0, 0.1) is 6.92 Å². The van der Waals surface area contributed by atoms with E-state index in [0.717, 1.165) is 49.7 Å². The Morgan fingerprint density at radius 3 is 2.78 bits per heavy atom. The monoisotopic (exact) mass is 443 g/mol. The number of hydrogen-bond donors (Lipinski definition) is 1. The van der Waals surface area contributed by atoms with Gasteiger partial charge in [0.05, 0.1) is 24.8 Å². The zero-order valence-electron chi connectivity index (χ0n) is 18.8. The lowest BCUT2D eigenvalue weighted by Crippen LogP contribution is -2.52. The number of aromatic nitrogens is 1. The second-order valence-electron chi connectivity index (χ2n) is 9.50. The number of nitrogens with one attached hydrogen (secondary N) is 1. The lowest BCUT2D eigenvalue weighted by Gasteiger charge is -2.32. The van der Waals surface area contributed by atoms with Gasteiger partial charge in [-0.15, -0.1) is 0 Å². The van der Waals surface area contributed by atoms with Crippen molar-refractivity contribution in [1.82, 2.24) is 15.2 Å². The van der Waals surface area contributed by atoms with Crippen molar-refractivity contribution in [1.29, 1.82) is 0 Å². The smallest absolute Gasteiger partial charge is 0.260 e. The zero-order valence-corrected chi connectivity index (χ0v) is 18.8. The Balaban J connectivity index is 1.35. The van der Waals surface area contributed by atoms with Gasteiger partial charge in [0.25, 0.3) is 5.91 Å². The van der Waals surface area contributed by atoms with E-state index in [4.69, 9.17) is 14.2 Å². The summed E-state index contributed by atoms with van der Waals surface area (Å²) in [4.78, 5) is 32.1. The van der Waals surface area contributed by atoms with Crippen LogP contribution in [0.15, 0.2) is 12.3 Å². The van der Waals surface area contributed by atoms with Gasteiger partial charge in [0.1, 0.15) is 6.10 Å². The normalized spacial score (nSPS) is 32.8. The number of fused-ring (bicyclic) bond motifs is 5. The number of carbonyl (C=O) groups excluding carboxylic acids is 2. The molecule has 2 bridgehead atoms. The number of ether oxygens (including phenoxy) is 3. The highest BCUT2D eigenvalue weighted by Gasteiger charge is 2.40. The molecule has 6 rings (SSSR count). The van der Waals surface area contributed by atoms with Gasteiger partial charge in [-0.2, -0.15) is 0 Å². The summed E-state index contributed by atoms with van der Waals surface area (Å²) in [5.74, 6) is 0.803. The number of aryl methyl sites for hydroxylation is 1. The van der Waals surface area contributed by atoms with Crippen LogP contribution < -0.4 is 10.1 Å². The Hall–Kier alpha value is -2.19. The maximum atomic E-state index is 13.1. The van der Waals surface area contributed by atoms with Crippen LogP contribution >= 0.6 is 0 Å². The van der Waals surface area contributed by atoms with E-state index >= 15 is 0 Å². The van der Waals surface area contributed by atoms with Crippen LogP contribution in [-0.2, 0) is 19.1 Å². The van der Waals surface area contributed by atoms with Gasteiger partial charge in [0, 0.05) is 24.9 Å². The predicted octanol–water partition coefficient (Wildman–Crippen LogP) is 2.09. The fourth-order valence-electron chi connectivity index (χ4n) is 5.72. The molecular formula is C24H33N3O5. The molecule has 0 spiro atoms. The van der Waals surface area contributed by atoms with Gasteiger partial charge in [-0.3, -0.25) is 9.59 Å². The van der Waals surface area contributed by atoms with Crippen molar-refractivity contribution < 1.29 is 23.8 Å². The van der Waals surface area contributed by atoms with E-state index in [1.165, 1.54) is 0 Å². The van der Waals surface area contributed by atoms with Crippen molar-refractivity contribution in [3.8, 4) is 5.88 Å². The maximum Gasteiger partial charge on any atom is 0.260 e. The van der Waals surface area contributed by atoms with Gasteiger partial charge < -0.3 is 24.4 Å². The minimum absolute atomic E-state index is 0.0531. The first-order chi connectivity index (χ1) is 15.6. The van der Waals surface area contributed by atoms with Crippen LogP contribution in [0.3, 0.4) is 0 Å². The zero-order chi connectivity index (χ0) is 22.1. The van der Waals surface area contributed by atoms with Gasteiger partial charge in [-0.1, -0.05) is 0 Å². The first-order valence-electron chi connectivity index (χ1n) is 12.0. The standard InChI is InChI=1S/C24H33N3O5/c1-15-8-10-25-24-22(15)16-4-6-17(7-5-16)31-13-19-18(9-11-27(19)21(28)14-32-24)26-23(29)20-3-2-12-30-20/h8,10,16-20H,2-7,9,11-14H2,1H3,(H,26,29)/t16?,17?,18-,19?,20?/m0/s1. The number of hydrogen-bond acceptors (Lipinski definition) is 6. The lowest BCUT2D eigenvalue weighted by atomic mass is 9.81. The van der Waals surface area contributed by atoms with Crippen molar-refractivity contribution in [3.05, 3.63) is 23.4 Å². The average Bonchev–Trinajstić information content (AvgIpc) is 3.47. The largest absolute Gasteiger partial charge is 0.467 e. The number of rotatable bonds is 2. The minimum atomic E-state index is -0.375. The summed E-state index contributed by atoms with van der Waals surface area (Å²) >= 11 is 0. The molecule has 4 aliphatic heterocycles. The molecule has 1 aromatic heterocycles. The quantitative estimate of drug-likeness (QED) is 0.753. The second-order valence-corrected chi connectivity index (χ2v) is 9.50. The Bertz CT molecular complexity index is 848. The predicted molar refractivity (Wildman–Crippen MR) is 116 cm³/mol. The summed E-state index contributed by atoms with van der Waals surface area (Å²) in [6.07, 6.45) is 7.93. The third kappa shape index (κ3) is 4.35. The van der Waals surface area contributed by atoms with Crippen molar-refractivity contribution >= 4 is 11.8 Å². The molecule has 32 heavy (non-hydrogen) atoms. The Kier molecular flexibility index (Phi) is 6.33. The van der Waals surface area contributed by atoms with Crippen LogP contribution in [0.2, 0.25) is 0 Å². The van der Waals surface area contributed by atoms with E-state index in [2.05, 4.69) is 17.2 Å². The summed E-state index contributed by atoms with van der Waals surface area (Å²) < 4.78 is 17.9. The third-order valence-electron chi connectivity index (χ3n) is 7.50. The Labute approximate surface area is 189 Å². The van der Waals surface area contributed by atoms with E-state index in [-0.39, 0.29) is 42.7 Å². The number of amides is 2. The van der Waals surface area contributed by atoms with E-state index in [1.54, 1.807) is 6.20 Å². The van der Waals surface area contributed by atoms with Crippen LogP contribution in [0.5, 0.6) is 5.88 Å². The number of nitrogens with zero attached hydrogens (tertiary/aromatic N) is 2. The second kappa shape index (κ2) is 9.35. The molecule has 1 N–H and O–H groups in total. The van der Waals surface area contributed by atoms with E-state index in [0.29, 0.717) is 38.0 Å². The molecule has 3 fully saturated rings. The minimum Gasteiger partial charge on any atom is -0.467 e. The summed E-state index contributed by atoms with van der Waals surface area (Å²) in [6, 6.07) is 1.69. The molecule has 0 aromatic carbocycles. The van der Waals surface area contributed by atoms with Crippen LogP contribution in [-0.4, -0.2) is 72.4 Å². The molecule has 5 aliphatic rings. The van der Waals surface area contributed by atoms with E-state index < -0.39 is 0 Å². The summed E-state index contributed by atoms with van der Waals surface area (Å²) in [5, 5.41) is 3.14. The van der Waals surface area contributed by atoms with E-state index in [9.17, 15) is 9.59 Å². The molecule has 0 radical (unpaired) electrons. The first kappa shape index (κ1) is 21.6. The lowest BCUT2D eigenvalue weighted by molar-refractivity contribution is -0.137. The van der Waals surface area contributed by atoms with Crippen LogP contribution in [0.1, 0.15) is 62.0 Å². The Morgan fingerprint density at radius 2 is 2.00 bits per heavy atom. The summed E-state index contributed by atoms with van der Waals surface area (Å²) in [7, 11) is 0. The van der Waals surface area contributed by atoms with Gasteiger partial charge in [-0.05, 0) is 69.4 Å². The molecule has 174 valence electrons. The molecule has 1 aliphatic carbocycles. The van der Waals surface area contributed by atoms with E-state index in [1.807, 2.05) is 11.0 Å². The average molecular weight is 444 g/mol. The molecule has 2 unspecified atom stereocenters. The van der Waals surface area contributed by atoms with Crippen LogP contribution in [0.4, 0.5) is 0 Å². The fourth-order valence-corrected chi connectivity index (χ4v) is 5.72. The van der Waals surface area contributed by atoms with Gasteiger partial charge in [0.15, 0.2) is 6.61 Å². The highest BCUT2D eigenvalue weighted by atomic mass is 16.5. The molecule has 1 aromatic rings. The van der Waals surface area contributed by atoms with Crippen molar-refractivity contribution in [2.24, 2.45) is 0 Å². The summed E-state index contributed by atoms with van der Waals surface area (Å²) in [5.41, 5.74) is 2.30. The molecule has 8 nitrogen and oxygen atoms in total. The third-order valence-corrected chi connectivity index (χ3v) is 7.50. The highest BCUT2D eigenvalue weighted by molar-refractivity contribution is 5.82. The molecule has 2 saturated heterocycles. The molecule has 3 atom stereocenters. The number of pyridine rings is 1. The molecular weight excluding hydrogens is 410 g/mol. The topological polar surface area (TPSA) is 90.0 Å². The van der Waals surface area contributed by atoms with Crippen molar-refractivity contribution in [2.75, 3.05) is 26.4 Å². The first-order valence-corrected chi connectivity index (χ1v) is 12.0. The summed E-state index contributed by atoms with van der Waals surface area (Å²) in [6.45, 7) is 3.68. The van der Waals surface area contributed by atoms with Crippen LogP contribution in [0.25, 0.3) is 0 Å². The maximum absolute atomic E-state index is 13.1. The SMILES string of the molecule is Cc1ccnc2c1C1CCC(CC1)OCC1[C@@H](NC(=O)C3CCCO3)CCN1C(=O)CO2. The molecule has 1 saturated carbocycles. The van der Waals surface area contributed by atoms with Gasteiger partial charge in [0.2, 0.25) is 11.8 Å². The van der Waals surface area contributed by atoms with Crippen molar-refractivity contribution in [2.45, 2.75) is 82.1 Å². The molecule has 8 heteroatoms. The fraction of sp³-hybridized carbons (Fsp3) is 0.708. The van der Waals surface area contributed by atoms with Gasteiger partial charge >= 0.3 is 0 Å².